The Bertz CT molecular complexity index is 908. The van der Waals surface area contributed by atoms with Crippen molar-refractivity contribution in [1.29, 1.82) is 0 Å². The lowest BCUT2D eigenvalue weighted by Crippen LogP contribution is -1.98. The van der Waals surface area contributed by atoms with Crippen molar-refractivity contribution >= 4 is 17.0 Å². The molecule has 0 unspecified atom stereocenters. The van der Waals surface area contributed by atoms with E-state index < -0.39 is 4.92 Å². The fraction of sp³-hybridized carbons (Fsp3) is 0.0952. The van der Waals surface area contributed by atoms with E-state index in [-0.39, 0.29) is 17.2 Å². The molecule has 2 aromatic carbocycles. The smallest absolute Gasteiger partial charge is 0.311 e. The minimum Gasteiger partial charge on any atom is -0.450 e. The summed E-state index contributed by atoms with van der Waals surface area (Å²) in [4.78, 5) is 22.2. The Morgan fingerprint density at radius 3 is 2.23 bits per heavy atom. The number of ketones is 1. The monoisotopic (exact) mass is 349 g/mol. The first-order valence-corrected chi connectivity index (χ1v) is 7.89. The number of allylic oxidation sites excluding steroid dienone is 4. The molecule has 2 rings (SSSR count). The molecule has 2 aromatic rings. The van der Waals surface area contributed by atoms with Gasteiger partial charge in [0.25, 0.3) is 0 Å². The first-order valence-electron chi connectivity index (χ1n) is 7.89. The average molecular weight is 349 g/mol. The minimum atomic E-state index is -0.542. The summed E-state index contributed by atoms with van der Waals surface area (Å²) in [6.07, 6.45) is 3.55. The first-order chi connectivity index (χ1) is 12.3. The third kappa shape index (κ3) is 4.33. The van der Waals surface area contributed by atoms with Gasteiger partial charge in [-0.1, -0.05) is 43.0 Å². The molecule has 0 aliphatic rings. The molecule has 0 aliphatic carbocycles. The molecule has 0 aromatic heterocycles. The Hall–Kier alpha value is -3.47. The van der Waals surface area contributed by atoms with Crippen molar-refractivity contribution in [2.24, 2.45) is 0 Å². The minimum absolute atomic E-state index is 0.0252. The lowest BCUT2D eigenvalue weighted by molar-refractivity contribution is -0.385. The van der Waals surface area contributed by atoms with Crippen molar-refractivity contribution < 1.29 is 14.5 Å². The molecule has 5 heteroatoms. The summed E-state index contributed by atoms with van der Waals surface area (Å²) >= 11 is 0. The summed E-state index contributed by atoms with van der Waals surface area (Å²) in [5.74, 6) is 0.259. The molecule has 0 spiro atoms. The fourth-order valence-electron chi connectivity index (χ4n) is 2.40. The maximum Gasteiger partial charge on any atom is 0.311 e. The number of nitrogens with zero attached hydrogens (tertiary/aromatic N) is 1. The van der Waals surface area contributed by atoms with Crippen LogP contribution in [0.4, 0.5) is 5.69 Å². The molecule has 0 fully saturated rings. The van der Waals surface area contributed by atoms with E-state index in [2.05, 4.69) is 13.2 Å². The van der Waals surface area contributed by atoms with E-state index >= 15 is 0 Å². The Morgan fingerprint density at radius 2 is 1.73 bits per heavy atom. The van der Waals surface area contributed by atoms with Crippen molar-refractivity contribution in [2.45, 2.75) is 13.8 Å². The number of hydrogen-bond donors (Lipinski definition) is 0. The van der Waals surface area contributed by atoms with Gasteiger partial charge in [-0.05, 0) is 49.2 Å². The number of nitro benzene ring substituents is 1. The predicted molar refractivity (Wildman–Crippen MR) is 103 cm³/mol. The van der Waals surface area contributed by atoms with Crippen LogP contribution in [0, 0.1) is 10.1 Å². The fourth-order valence-corrected chi connectivity index (χ4v) is 2.40. The van der Waals surface area contributed by atoms with Crippen molar-refractivity contribution in [3.8, 4) is 11.5 Å². The quantitative estimate of drug-likeness (QED) is 0.277. The first kappa shape index (κ1) is 18.9. The summed E-state index contributed by atoms with van der Waals surface area (Å²) in [6, 6.07) is 11.1. The van der Waals surface area contributed by atoms with Crippen LogP contribution in [-0.4, -0.2) is 10.7 Å². The van der Waals surface area contributed by atoms with Crippen molar-refractivity contribution in [3.05, 3.63) is 94.6 Å². The van der Waals surface area contributed by atoms with Gasteiger partial charge in [0.2, 0.25) is 5.75 Å². The van der Waals surface area contributed by atoms with Gasteiger partial charge in [0, 0.05) is 11.6 Å². The van der Waals surface area contributed by atoms with Crippen LogP contribution in [0.5, 0.6) is 11.5 Å². The topological polar surface area (TPSA) is 69.4 Å². The lowest BCUT2D eigenvalue weighted by atomic mass is 10.00. The number of nitro groups is 1. The molecule has 0 amide bonds. The van der Waals surface area contributed by atoms with Crippen LogP contribution in [0.25, 0.3) is 5.57 Å². The van der Waals surface area contributed by atoms with E-state index in [1.165, 1.54) is 25.1 Å². The number of benzene rings is 2. The van der Waals surface area contributed by atoms with Crippen LogP contribution in [0.1, 0.15) is 29.8 Å². The maximum absolute atomic E-state index is 11.5. The maximum atomic E-state index is 11.5. The van der Waals surface area contributed by atoms with Gasteiger partial charge in [-0.15, -0.1) is 0 Å². The Labute approximate surface area is 152 Å². The number of rotatable bonds is 7. The zero-order valence-corrected chi connectivity index (χ0v) is 14.7. The second-order valence-corrected chi connectivity index (χ2v) is 5.72. The third-order valence-corrected chi connectivity index (χ3v) is 3.70. The molecule has 0 saturated carbocycles. The molecule has 0 heterocycles. The summed E-state index contributed by atoms with van der Waals surface area (Å²) in [5, 5.41) is 11.2. The number of Topliss-reactive ketones (excluding diaryl/α,β-unsaturated/α-hetero) is 1. The summed E-state index contributed by atoms with van der Waals surface area (Å²) in [5.41, 5.74) is 2.91. The molecule has 5 nitrogen and oxygen atoms in total. The van der Waals surface area contributed by atoms with Gasteiger partial charge in [0.1, 0.15) is 5.75 Å². The molecule has 0 radical (unpaired) electrons. The van der Waals surface area contributed by atoms with Gasteiger partial charge >= 0.3 is 5.69 Å². The molecule has 0 atom stereocenters. The molecule has 0 N–H and O–H groups in total. The highest BCUT2D eigenvalue weighted by Gasteiger charge is 2.18. The molecular weight excluding hydrogens is 330 g/mol. The highest BCUT2D eigenvalue weighted by atomic mass is 16.6. The largest absolute Gasteiger partial charge is 0.450 e. The Kier molecular flexibility index (Phi) is 5.86. The highest BCUT2D eigenvalue weighted by molar-refractivity contribution is 5.94. The van der Waals surface area contributed by atoms with E-state index in [4.69, 9.17) is 4.74 Å². The molecule has 0 aliphatic heterocycles. The van der Waals surface area contributed by atoms with Gasteiger partial charge < -0.3 is 4.74 Å². The van der Waals surface area contributed by atoms with Gasteiger partial charge in [0.05, 0.1) is 4.92 Å². The second-order valence-electron chi connectivity index (χ2n) is 5.72. The van der Waals surface area contributed by atoms with Crippen LogP contribution >= 0.6 is 0 Å². The van der Waals surface area contributed by atoms with E-state index in [0.717, 1.165) is 16.7 Å². The number of carbonyl (C=O) groups excluding carboxylic acids is 1. The van der Waals surface area contributed by atoms with Crippen LogP contribution in [-0.2, 0) is 0 Å². The van der Waals surface area contributed by atoms with E-state index in [1.54, 1.807) is 18.2 Å². The zero-order chi connectivity index (χ0) is 19.3. The van der Waals surface area contributed by atoms with Crippen molar-refractivity contribution in [1.82, 2.24) is 0 Å². The van der Waals surface area contributed by atoms with Gasteiger partial charge in [-0.3, -0.25) is 14.9 Å². The van der Waals surface area contributed by atoms with E-state index in [0.29, 0.717) is 11.3 Å². The van der Waals surface area contributed by atoms with E-state index in [1.807, 2.05) is 25.1 Å². The van der Waals surface area contributed by atoms with Crippen LogP contribution in [0.3, 0.4) is 0 Å². The number of carbonyl (C=O) groups is 1. The zero-order valence-electron chi connectivity index (χ0n) is 14.7. The average Bonchev–Trinajstić information content (AvgIpc) is 2.60. The van der Waals surface area contributed by atoms with Gasteiger partial charge in [-0.2, -0.15) is 0 Å². The molecule has 0 bridgehead atoms. The second kappa shape index (κ2) is 8.07. The molecule has 0 saturated heterocycles. The Morgan fingerprint density at radius 1 is 1.12 bits per heavy atom. The van der Waals surface area contributed by atoms with E-state index in [9.17, 15) is 14.9 Å². The van der Waals surface area contributed by atoms with Crippen molar-refractivity contribution in [2.75, 3.05) is 0 Å². The van der Waals surface area contributed by atoms with Crippen LogP contribution < -0.4 is 4.74 Å². The summed E-state index contributed by atoms with van der Waals surface area (Å²) < 4.78 is 5.66. The lowest BCUT2D eigenvalue weighted by Gasteiger charge is -2.10. The summed E-state index contributed by atoms with van der Waals surface area (Å²) in [7, 11) is 0. The van der Waals surface area contributed by atoms with Crippen molar-refractivity contribution in [3.63, 3.8) is 0 Å². The van der Waals surface area contributed by atoms with Crippen LogP contribution in [0.15, 0.2) is 73.3 Å². The highest BCUT2D eigenvalue weighted by Crippen LogP contribution is 2.33. The van der Waals surface area contributed by atoms with Crippen LogP contribution in [0.2, 0.25) is 0 Å². The van der Waals surface area contributed by atoms with Gasteiger partial charge in [0.15, 0.2) is 5.78 Å². The SMILES string of the molecule is C=C/C=C(\C(=C)C)c1ccc(Oc2cc(C(C)=O)ccc2[N+](=O)[O-])cc1. The molecule has 132 valence electrons. The molecule has 26 heavy (non-hydrogen) atoms. The number of ether oxygens (including phenoxy) is 1. The standard InChI is InChI=1S/C21H19NO4/c1-5-6-19(14(2)3)16-7-10-18(11-8-16)26-21-13-17(15(4)23)9-12-20(21)22(24)25/h5-13H,1-2H2,3-4H3/b19-6+. The predicted octanol–water partition coefficient (Wildman–Crippen LogP) is 5.74. The van der Waals surface area contributed by atoms with Gasteiger partial charge in [-0.25, -0.2) is 0 Å². The normalized spacial score (nSPS) is 10.9. The molecular formula is C21H19NO4. The third-order valence-electron chi connectivity index (χ3n) is 3.70. The Balaban J connectivity index is 2.37. The summed E-state index contributed by atoms with van der Waals surface area (Å²) in [6.45, 7) is 10.9. The number of hydrogen-bond acceptors (Lipinski definition) is 4.